The van der Waals surface area contributed by atoms with Crippen LogP contribution in [0.25, 0.3) is 11.4 Å². The fourth-order valence-electron chi connectivity index (χ4n) is 1.38. The van der Waals surface area contributed by atoms with Gasteiger partial charge in [-0.25, -0.2) is 9.37 Å². The van der Waals surface area contributed by atoms with E-state index in [-0.39, 0.29) is 11.4 Å². The molecule has 0 bridgehead atoms. The molecule has 3 nitrogen and oxygen atoms in total. The third-order valence-corrected chi connectivity index (χ3v) is 3.80. The van der Waals surface area contributed by atoms with E-state index in [9.17, 15) is 9.18 Å². The average Bonchev–Trinajstić information content (AvgIpc) is 2.25. The Bertz CT molecular complexity index is 640. The number of nitrogens with zero attached hydrogens (tertiary/aromatic N) is 1. The van der Waals surface area contributed by atoms with Gasteiger partial charge in [0.2, 0.25) is 0 Å². The van der Waals surface area contributed by atoms with Crippen molar-refractivity contribution in [3.8, 4) is 11.4 Å². The SMILES string of the molecule is Cc1nc(-c2ccc(F)cc2Br)[nH]c(=O)c1Br. The van der Waals surface area contributed by atoms with Crippen LogP contribution in [-0.2, 0) is 0 Å². The normalized spacial score (nSPS) is 10.6. The van der Waals surface area contributed by atoms with Crippen molar-refractivity contribution in [2.45, 2.75) is 6.92 Å². The van der Waals surface area contributed by atoms with E-state index in [2.05, 4.69) is 41.8 Å². The van der Waals surface area contributed by atoms with Crippen molar-refractivity contribution in [3.05, 3.63) is 49.0 Å². The summed E-state index contributed by atoms with van der Waals surface area (Å²) in [5.74, 6) is 0.0550. The fourth-order valence-corrected chi connectivity index (χ4v) is 2.11. The van der Waals surface area contributed by atoms with Crippen molar-refractivity contribution in [3.63, 3.8) is 0 Å². The minimum absolute atomic E-state index is 0.260. The van der Waals surface area contributed by atoms with Crippen LogP contribution < -0.4 is 5.56 Å². The second-order valence-corrected chi connectivity index (χ2v) is 5.09. The summed E-state index contributed by atoms with van der Waals surface area (Å²) in [5.41, 5.74) is 0.961. The molecule has 1 aromatic carbocycles. The molecule has 0 atom stereocenters. The van der Waals surface area contributed by atoms with Gasteiger partial charge in [0.05, 0.1) is 5.69 Å². The highest BCUT2D eigenvalue weighted by Gasteiger charge is 2.10. The molecular formula is C11H7Br2FN2O. The summed E-state index contributed by atoms with van der Waals surface area (Å²) < 4.78 is 13.9. The molecule has 6 heteroatoms. The molecule has 17 heavy (non-hydrogen) atoms. The van der Waals surface area contributed by atoms with E-state index < -0.39 is 0 Å². The van der Waals surface area contributed by atoms with Gasteiger partial charge < -0.3 is 4.98 Å². The second kappa shape index (κ2) is 4.70. The third kappa shape index (κ3) is 2.47. The first-order valence-electron chi connectivity index (χ1n) is 4.71. The molecule has 0 spiro atoms. The maximum absolute atomic E-state index is 13.0. The number of rotatable bonds is 1. The lowest BCUT2D eigenvalue weighted by Gasteiger charge is -2.05. The number of benzene rings is 1. The molecule has 0 aliphatic heterocycles. The van der Waals surface area contributed by atoms with E-state index in [0.29, 0.717) is 26.0 Å². The van der Waals surface area contributed by atoms with Crippen molar-refractivity contribution >= 4 is 31.9 Å². The second-order valence-electron chi connectivity index (χ2n) is 3.44. The van der Waals surface area contributed by atoms with Crippen LogP contribution in [0.3, 0.4) is 0 Å². The molecule has 1 aromatic heterocycles. The summed E-state index contributed by atoms with van der Waals surface area (Å²) in [6.45, 7) is 1.72. The maximum atomic E-state index is 13.0. The van der Waals surface area contributed by atoms with Crippen molar-refractivity contribution in [1.29, 1.82) is 0 Å². The molecule has 88 valence electrons. The molecule has 1 heterocycles. The minimum atomic E-state index is -0.350. The summed E-state index contributed by atoms with van der Waals surface area (Å²) in [4.78, 5) is 18.4. The van der Waals surface area contributed by atoms with Crippen LogP contribution in [0.2, 0.25) is 0 Å². The van der Waals surface area contributed by atoms with Crippen LogP contribution in [0.4, 0.5) is 4.39 Å². The zero-order valence-electron chi connectivity index (χ0n) is 8.72. The predicted molar refractivity (Wildman–Crippen MR) is 70.4 cm³/mol. The first kappa shape index (κ1) is 12.4. The first-order valence-corrected chi connectivity index (χ1v) is 6.29. The molecule has 0 aliphatic carbocycles. The van der Waals surface area contributed by atoms with Crippen molar-refractivity contribution < 1.29 is 4.39 Å². The zero-order valence-corrected chi connectivity index (χ0v) is 11.9. The van der Waals surface area contributed by atoms with Crippen LogP contribution in [0.15, 0.2) is 31.9 Å². The van der Waals surface area contributed by atoms with Crippen LogP contribution in [0, 0.1) is 12.7 Å². The van der Waals surface area contributed by atoms with Crippen molar-refractivity contribution in [2.24, 2.45) is 0 Å². The van der Waals surface area contributed by atoms with Gasteiger partial charge in [0.15, 0.2) is 0 Å². The van der Waals surface area contributed by atoms with Crippen molar-refractivity contribution in [1.82, 2.24) is 9.97 Å². The van der Waals surface area contributed by atoms with Gasteiger partial charge in [-0.15, -0.1) is 0 Å². The van der Waals surface area contributed by atoms with E-state index in [4.69, 9.17) is 0 Å². The predicted octanol–water partition coefficient (Wildman–Crippen LogP) is 3.41. The van der Waals surface area contributed by atoms with Crippen LogP contribution >= 0.6 is 31.9 Å². The van der Waals surface area contributed by atoms with E-state index in [1.54, 1.807) is 13.0 Å². The Balaban J connectivity index is 2.65. The molecule has 0 aliphatic rings. The summed E-state index contributed by atoms with van der Waals surface area (Å²) in [7, 11) is 0. The Morgan fingerprint density at radius 3 is 2.65 bits per heavy atom. The lowest BCUT2D eigenvalue weighted by molar-refractivity contribution is 0.627. The van der Waals surface area contributed by atoms with Crippen molar-refractivity contribution in [2.75, 3.05) is 0 Å². The molecule has 0 radical (unpaired) electrons. The molecule has 0 unspecified atom stereocenters. The van der Waals surface area contributed by atoms with Gasteiger partial charge in [-0.1, -0.05) is 0 Å². The van der Waals surface area contributed by atoms with E-state index in [1.165, 1.54) is 12.1 Å². The fraction of sp³-hybridized carbons (Fsp3) is 0.0909. The average molecular weight is 362 g/mol. The molecule has 2 aromatic rings. The van der Waals surface area contributed by atoms with Gasteiger partial charge in [-0.2, -0.15) is 0 Å². The monoisotopic (exact) mass is 360 g/mol. The standard InChI is InChI=1S/C11H7Br2FN2O/c1-5-9(13)11(17)16-10(15-5)7-3-2-6(14)4-8(7)12/h2-4H,1H3,(H,15,16,17). The van der Waals surface area contributed by atoms with Gasteiger partial charge in [-0.05, 0) is 57.0 Å². The lowest BCUT2D eigenvalue weighted by atomic mass is 10.2. The Hall–Kier alpha value is -1.01. The summed E-state index contributed by atoms with van der Waals surface area (Å²) in [6.07, 6.45) is 0. The number of aryl methyl sites for hydroxylation is 1. The number of hydrogen-bond acceptors (Lipinski definition) is 2. The van der Waals surface area contributed by atoms with E-state index >= 15 is 0 Å². The quantitative estimate of drug-likeness (QED) is 0.845. The summed E-state index contributed by atoms with van der Waals surface area (Å²) >= 11 is 6.38. The Labute approximate surface area is 113 Å². The number of hydrogen-bond donors (Lipinski definition) is 1. The van der Waals surface area contributed by atoms with E-state index in [1.807, 2.05) is 0 Å². The van der Waals surface area contributed by atoms with Crippen LogP contribution in [0.1, 0.15) is 5.69 Å². The molecule has 0 saturated heterocycles. The highest BCUT2D eigenvalue weighted by Crippen LogP contribution is 2.26. The Morgan fingerprint density at radius 2 is 2.06 bits per heavy atom. The summed E-state index contributed by atoms with van der Waals surface area (Å²) in [6, 6.07) is 4.20. The highest BCUT2D eigenvalue weighted by molar-refractivity contribution is 9.10. The first-order chi connectivity index (χ1) is 7.99. The topological polar surface area (TPSA) is 45.8 Å². The Morgan fingerprint density at radius 1 is 1.35 bits per heavy atom. The minimum Gasteiger partial charge on any atom is -0.306 e. The number of aromatic amines is 1. The smallest absolute Gasteiger partial charge is 0.265 e. The highest BCUT2D eigenvalue weighted by atomic mass is 79.9. The molecule has 0 fully saturated rings. The zero-order chi connectivity index (χ0) is 12.6. The lowest BCUT2D eigenvalue weighted by Crippen LogP contribution is -2.12. The van der Waals surface area contributed by atoms with E-state index in [0.717, 1.165) is 0 Å². The number of aromatic nitrogens is 2. The summed E-state index contributed by atoms with van der Waals surface area (Å²) in [5, 5.41) is 0. The third-order valence-electron chi connectivity index (χ3n) is 2.21. The maximum Gasteiger partial charge on any atom is 0.265 e. The van der Waals surface area contributed by atoms with Crippen LogP contribution in [0.5, 0.6) is 0 Å². The molecule has 0 saturated carbocycles. The molecule has 2 rings (SSSR count). The molecule has 0 amide bonds. The number of H-pyrrole nitrogens is 1. The number of halogens is 3. The molecular weight excluding hydrogens is 355 g/mol. The molecule has 1 N–H and O–H groups in total. The van der Waals surface area contributed by atoms with Gasteiger partial charge in [0.1, 0.15) is 16.1 Å². The van der Waals surface area contributed by atoms with Gasteiger partial charge in [0.25, 0.3) is 5.56 Å². The number of nitrogens with one attached hydrogen (secondary N) is 1. The van der Waals surface area contributed by atoms with Gasteiger partial charge in [0, 0.05) is 10.0 Å². The van der Waals surface area contributed by atoms with Gasteiger partial charge in [-0.3, -0.25) is 4.79 Å². The van der Waals surface area contributed by atoms with Crippen LogP contribution in [-0.4, -0.2) is 9.97 Å². The Kier molecular flexibility index (Phi) is 3.44. The largest absolute Gasteiger partial charge is 0.306 e. The van der Waals surface area contributed by atoms with Gasteiger partial charge >= 0.3 is 0 Å².